The number of piperidine rings is 1. The molecule has 1 heterocycles. The molecule has 2 saturated carbocycles. The van der Waals surface area contributed by atoms with Crippen LogP contribution in [0.3, 0.4) is 0 Å². The number of nitrogens with one attached hydrogen (secondary N) is 5. The van der Waals surface area contributed by atoms with E-state index in [1.165, 1.54) is 9.80 Å². The summed E-state index contributed by atoms with van der Waals surface area (Å²) in [5, 5.41) is 22.5. The van der Waals surface area contributed by atoms with E-state index in [0.717, 1.165) is 12.8 Å². The molecule has 16 nitrogen and oxygen atoms in total. The van der Waals surface area contributed by atoms with Crippen LogP contribution in [0.15, 0.2) is 30.3 Å². The summed E-state index contributed by atoms with van der Waals surface area (Å²) in [6.07, 6.45) is 2.01. The Hall–Kier alpha value is -5.02. The SMILES string of the molecule is CC(C)CC(NC(=O)NC(C(=O)N1C[C@H]2C([C@H]1C(=O)NC(CC1CC1)C(=O)C(=O)NCC(=O)N[C@H](C(=O)N(C)C)c1ccccc1)C2(C)C)C(C)(C)C)C(=O)O. The van der Waals surface area contributed by atoms with Gasteiger partial charge >= 0.3 is 12.0 Å². The van der Waals surface area contributed by atoms with Gasteiger partial charge in [0.1, 0.15) is 24.2 Å². The Morgan fingerprint density at radius 3 is 2.07 bits per heavy atom. The zero-order valence-electron chi connectivity index (χ0n) is 33.9. The Morgan fingerprint density at radius 1 is 0.911 bits per heavy atom. The fourth-order valence-corrected chi connectivity index (χ4v) is 7.64. The number of carboxylic acids is 1. The number of ketones is 1. The van der Waals surface area contributed by atoms with Crippen LogP contribution in [0.2, 0.25) is 0 Å². The van der Waals surface area contributed by atoms with E-state index in [-0.39, 0.29) is 54.4 Å². The normalized spacial score (nSPS) is 21.7. The molecule has 16 heteroatoms. The van der Waals surface area contributed by atoms with Crippen LogP contribution in [-0.4, -0.2) is 114 Å². The number of fused-ring (bicyclic) bond motifs is 1. The molecule has 4 rings (SSSR count). The maximum atomic E-state index is 14.3. The Morgan fingerprint density at radius 2 is 1.54 bits per heavy atom. The van der Waals surface area contributed by atoms with Gasteiger partial charge in [-0.3, -0.25) is 28.8 Å². The van der Waals surface area contributed by atoms with Crippen LogP contribution in [0.4, 0.5) is 4.79 Å². The zero-order chi connectivity index (χ0) is 41.9. The molecular formula is C40H59N7O9. The molecule has 0 spiro atoms. The molecule has 1 aliphatic heterocycles. The quantitative estimate of drug-likeness (QED) is 0.126. The highest BCUT2D eigenvalue weighted by Gasteiger charge is 2.70. The summed E-state index contributed by atoms with van der Waals surface area (Å²) < 4.78 is 0. The van der Waals surface area contributed by atoms with E-state index < -0.39 is 83.6 Å². The molecule has 3 aliphatic rings. The zero-order valence-corrected chi connectivity index (χ0v) is 33.9. The predicted molar refractivity (Wildman–Crippen MR) is 205 cm³/mol. The van der Waals surface area contributed by atoms with Gasteiger partial charge in [0.05, 0.1) is 12.6 Å². The van der Waals surface area contributed by atoms with Gasteiger partial charge < -0.3 is 41.5 Å². The van der Waals surface area contributed by atoms with E-state index in [9.17, 15) is 43.5 Å². The molecule has 1 aromatic rings. The van der Waals surface area contributed by atoms with E-state index in [1.54, 1.807) is 65.2 Å². The molecule has 308 valence electrons. The van der Waals surface area contributed by atoms with Gasteiger partial charge in [-0.1, -0.05) is 91.6 Å². The van der Waals surface area contributed by atoms with Crippen molar-refractivity contribution < 1.29 is 43.5 Å². The molecule has 56 heavy (non-hydrogen) atoms. The first-order valence-electron chi connectivity index (χ1n) is 19.3. The summed E-state index contributed by atoms with van der Waals surface area (Å²) in [6.45, 7) is 12.5. The molecule has 1 aromatic carbocycles. The van der Waals surface area contributed by atoms with Crippen molar-refractivity contribution in [1.29, 1.82) is 0 Å². The third kappa shape index (κ3) is 10.6. The van der Waals surface area contributed by atoms with Crippen molar-refractivity contribution in [3.8, 4) is 0 Å². The second kappa shape index (κ2) is 17.4. The fraction of sp³-hybridized carbons (Fsp3) is 0.650. The number of rotatable bonds is 17. The van der Waals surface area contributed by atoms with Crippen molar-refractivity contribution in [1.82, 2.24) is 36.4 Å². The van der Waals surface area contributed by atoms with E-state index in [2.05, 4.69) is 26.6 Å². The van der Waals surface area contributed by atoms with Crippen molar-refractivity contribution in [2.75, 3.05) is 27.2 Å². The number of likely N-dealkylation sites (N-methyl/N-ethyl adjacent to an activating group) is 1. The predicted octanol–water partition coefficient (Wildman–Crippen LogP) is 1.60. The minimum absolute atomic E-state index is 0.0192. The number of hydrogen-bond donors (Lipinski definition) is 6. The summed E-state index contributed by atoms with van der Waals surface area (Å²) >= 11 is 0. The van der Waals surface area contributed by atoms with Crippen molar-refractivity contribution in [2.24, 2.45) is 34.5 Å². The first-order chi connectivity index (χ1) is 26.0. The Bertz CT molecular complexity index is 1690. The monoisotopic (exact) mass is 781 g/mol. The Balaban J connectivity index is 1.47. The van der Waals surface area contributed by atoms with E-state index in [0.29, 0.717) is 5.56 Å². The second-order valence-electron chi connectivity index (χ2n) is 17.8. The second-order valence-corrected chi connectivity index (χ2v) is 17.8. The van der Waals surface area contributed by atoms with E-state index in [1.807, 2.05) is 27.7 Å². The molecule has 1 saturated heterocycles. The smallest absolute Gasteiger partial charge is 0.326 e. The largest absolute Gasteiger partial charge is 0.480 e. The summed E-state index contributed by atoms with van der Waals surface area (Å²) in [5.74, 6) is -5.63. The summed E-state index contributed by atoms with van der Waals surface area (Å²) in [5.41, 5.74) is -0.598. The third-order valence-corrected chi connectivity index (χ3v) is 11.1. The fourth-order valence-electron chi connectivity index (χ4n) is 7.64. The molecule has 0 radical (unpaired) electrons. The Labute approximate surface area is 328 Å². The highest BCUT2D eigenvalue weighted by Crippen LogP contribution is 2.65. The van der Waals surface area contributed by atoms with Gasteiger partial charge in [-0.2, -0.15) is 0 Å². The van der Waals surface area contributed by atoms with Crippen LogP contribution in [-0.2, 0) is 33.6 Å². The van der Waals surface area contributed by atoms with Gasteiger partial charge in [-0.05, 0) is 52.9 Å². The van der Waals surface area contributed by atoms with Gasteiger partial charge in [0.15, 0.2) is 0 Å². The number of benzene rings is 1. The molecular weight excluding hydrogens is 722 g/mol. The van der Waals surface area contributed by atoms with Crippen LogP contribution < -0.4 is 26.6 Å². The number of Topliss-reactive ketones (excluding diaryl/α,β-unsaturated/α-hetero) is 1. The maximum Gasteiger partial charge on any atom is 0.326 e. The van der Waals surface area contributed by atoms with Crippen LogP contribution in [0.1, 0.15) is 85.8 Å². The molecule has 6 N–H and O–H groups in total. The molecule has 0 bridgehead atoms. The number of nitrogens with zero attached hydrogens (tertiary/aromatic N) is 2. The van der Waals surface area contributed by atoms with Gasteiger partial charge in [0.25, 0.3) is 5.91 Å². The lowest BCUT2D eigenvalue weighted by Gasteiger charge is -2.38. The highest BCUT2D eigenvalue weighted by atomic mass is 16.4. The van der Waals surface area contributed by atoms with E-state index in [4.69, 9.17) is 0 Å². The van der Waals surface area contributed by atoms with Gasteiger partial charge in [-0.15, -0.1) is 0 Å². The molecule has 0 aromatic heterocycles. The van der Waals surface area contributed by atoms with E-state index >= 15 is 0 Å². The van der Waals surface area contributed by atoms with Crippen LogP contribution in [0.5, 0.6) is 0 Å². The third-order valence-electron chi connectivity index (χ3n) is 11.1. The van der Waals surface area contributed by atoms with Crippen molar-refractivity contribution in [3.63, 3.8) is 0 Å². The number of urea groups is 1. The van der Waals surface area contributed by atoms with Crippen LogP contribution in [0, 0.1) is 34.5 Å². The molecule has 4 unspecified atom stereocenters. The van der Waals surface area contributed by atoms with Crippen molar-refractivity contribution in [3.05, 3.63) is 35.9 Å². The summed E-state index contributed by atoms with van der Waals surface area (Å²) in [4.78, 5) is 109. The number of aliphatic carboxylic acids is 1. The molecule has 2 aliphatic carbocycles. The van der Waals surface area contributed by atoms with Crippen LogP contribution >= 0.6 is 0 Å². The summed E-state index contributed by atoms with van der Waals surface area (Å²) in [7, 11) is 3.10. The molecule has 7 amide bonds. The number of carbonyl (C=O) groups is 8. The van der Waals surface area contributed by atoms with Gasteiger partial charge in [0, 0.05) is 20.6 Å². The lowest BCUT2D eigenvalue weighted by atomic mass is 9.85. The van der Waals surface area contributed by atoms with Crippen molar-refractivity contribution >= 4 is 47.3 Å². The molecule has 7 atom stereocenters. The highest BCUT2D eigenvalue weighted by molar-refractivity contribution is 6.38. The average Bonchev–Trinajstić information content (AvgIpc) is 3.97. The molecule has 3 fully saturated rings. The number of carbonyl (C=O) groups excluding carboxylic acids is 7. The maximum absolute atomic E-state index is 14.3. The minimum atomic E-state index is -1.22. The number of hydrogen-bond acceptors (Lipinski definition) is 8. The van der Waals surface area contributed by atoms with Gasteiger partial charge in [-0.25, -0.2) is 9.59 Å². The topological polar surface area (TPSA) is 223 Å². The van der Waals surface area contributed by atoms with Crippen LogP contribution in [0.25, 0.3) is 0 Å². The minimum Gasteiger partial charge on any atom is -0.480 e. The lowest BCUT2D eigenvalue weighted by molar-refractivity contribution is -0.145. The van der Waals surface area contributed by atoms with Gasteiger partial charge in [0.2, 0.25) is 29.4 Å². The average molecular weight is 782 g/mol. The number of carboxylic acid groups (broad SMARTS) is 1. The Kier molecular flexibility index (Phi) is 13.6. The number of likely N-dealkylation sites (tertiary alicyclic amines) is 1. The first kappa shape index (κ1) is 43.7. The first-order valence-corrected chi connectivity index (χ1v) is 19.3. The standard InChI is InChI=1S/C40H59N7O9/c1-21(2)17-26(37(54)55)43-38(56)45-32(39(3,4)5)36(53)47-20-24-28(40(24,6)7)30(47)33(50)42-25(18-22-15-16-22)31(49)34(51)41-19-27(48)44-29(35(52)46(8)9)23-13-11-10-12-14-23/h10-14,21-22,24-26,28-30,32H,15-20H2,1-9H3,(H,41,51)(H,42,50)(H,44,48)(H,54,55)(H2,43,45,56)/t24-,25?,26?,28?,29-,30-,32?/m0/s1. The number of amides is 7. The summed E-state index contributed by atoms with van der Waals surface area (Å²) in [6, 6.07) is 2.22. The van der Waals surface area contributed by atoms with Crippen molar-refractivity contribution in [2.45, 2.75) is 104 Å². The lowest BCUT2D eigenvalue weighted by Crippen LogP contribution is -2.62.